The Kier molecular flexibility index (Phi) is 8.51. The van der Waals surface area contributed by atoms with Crippen molar-refractivity contribution < 1.29 is 14.3 Å². The number of carbonyl (C=O) groups is 1. The topological polar surface area (TPSA) is 47.6 Å². The van der Waals surface area contributed by atoms with Crippen LogP contribution < -0.4 is 10.1 Å². The molecule has 0 spiro atoms. The van der Waals surface area contributed by atoms with Crippen molar-refractivity contribution in [3.8, 4) is 5.75 Å². The molecule has 1 rings (SSSR count). The van der Waals surface area contributed by atoms with E-state index < -0.39 is 0 Å². The number of hydrogen-bond acceptors (Lipinski definition) is 4. The molecule has 21 heavy (non-hydrogen) atoms. The third-order valence-corrected chi connectivity index (χ3v) is 3.19. The van der Waals surface area contributed by atoms with Crippen LogP contribution in [0.4, 0.5) is 0 Å². The highest BCUT2D eigenvalue weighted by Crippen LogP contribution is 2.24. The van der Waals surface area contributed by atoms with Crippen molar-refractivity contribution in [1.29, 1.82) is 0 Å². The van der Waals surface area contributed by atoms with Crippen LogP contribution >= 0.6 is 0 Å². The summed E-state index contributed by atoms with van der Waals surface area (Å²) in [4.78, 5) is 11.6. The maximum absolute atomic E-state index is 11.6. The number of hydrogen-bond donors (Lipinski definition) is 1. The number of esters is 1. The Morgan fingerprint density at radius 2 is 2.00 bits per heavy atom. The van der Waals surface area contributed by atoms with Crippen molar-refractivity contribution in [2.24, 2.45) is 0 Å². The van der Waals surface area contributed by atoms with Gasteiger partial charge in [-0.1, -0.05) is 38.5 Å². The standard InChI is InChI=1S/C17H27NO3/c1-4-6-12-20-17(19)13-21-16-10-8-7-9-15(16)14(3)18-11-5-2/h7-10,14,18H,4-6,11-13H2,1-3H3. The summed E-state index contributed by atoms with van der Waals surface area (Å²) >= 11 is 0. The van der Waals surface area contributed by atoms with Gasteiger partial charge in [0.2, 0.25) is 0 Å². The summed E-state index contributed by atoms with van der Waals surface area (Å²) in [5.41, 5.74) is 1.06. The Bertz CT molecular complexity index is 420. The van der Waals surface area contributed by atoms with Gasteiger partial charge < -0.3 is 14.8 Å². The third-order valence-electron chi connectivity index (χ3n) is 3.19. The fraction of sp³-hybridized carbons (Fsp3) is 0.588. The average Bonchev–Trinajstić information content (AvgIpc) is 2.51. The van der Waals surface area contributed by atoms with Gasteiger partial charge in [-0.05, 0) is 32.4 Å². The van der Waals surface area contributed by atoms with Crippen LogP contribution in [0, 0.1) is 0 Å². The van der Waals surface area contributed by atoms with Crippen LogP contribution in [0.2, 0.25) is 0 Å². The Morgan fingerprint density at radius 3 is 2.71 bits per heavy atom. The van der Waals surface area contributed by atoms with E-state index in [0.717, 1.165) is 37.1 Å². The Morgan fingerprint density at radius 1 is 1.24 bits per heavy atom. The van der Waals surface area contributed by atoms with Crippen LogP contribution in [-0.2, 0) is 9.53 Å². The van der Waals surface area contributed by atoms with Crippen LogP contribution in [0.1, 0.15) is 51.6 Å². The first-order chi connectivity index (χ1) is 10.2. The predicted octanol–water partition coefficient (Wildman–Crippen LogP) is 3.47. The Balaban J connectivity index is 2.52. The molecular formula is C17H27NO3. The molecule has 0 radical (unpaired) electrons. The Labute approximate surface area is 127 Å². The van der Waals surface area contributed by atoms with Crippen LogP contribution in [0.3, 0.4) is 0 Å². The number of ether oxygens (including phenoxy) is 2. The number of para-hydroxylation sites is 1. The first-order valence-corrected chi connectivity index (χ1v) is 7.79. The molecule has 0 fully saturated rings. The predicted molar refractivity (Wildman–Crippen MR) is 84.5 cm³/mol. The Hall–Kier alpha value is -1.55. The molecule has 1 N–H and O–H groups in total. The molecule has 4 nitrogen and oxygen atoms in total. The minimum Gasteiger partial charge on any atom is -0.482 e. The van der Waals surface area contributed by atoms with E-state index >= 15 is 0 Å². The summed E-state index contributed by atoms with van der Waals surface area (Å²) in [7, 11) is 0. The van der Waals surface area contributed by atoms with E-state index in [-0.39, 0.29) is 18.6 Å². The summed E-state index contributed by atoms with van der Waals surface area (Å²) in [5.74, 6) is 0.425. The monoisotopic (exact) mass is 293 g/mol. The zero-order chi connectivity index (χ0) is 15.5. The molecule has 0 aliphatic rings. The van der Waals surface area contributed by atoms with Crippen LogP contribution in [0.15, 0.2) is 24.3 Å². The van der Waals surface area contributed by atoms with E-state index in [4.69, 9.17) is 9.47 Å². The van der Waals surface area contributed by atoms with Gasteiger partial charge in [0.25, 0.3) is 0 Å². The van der Waals surface area contributed by atoms with Gasteiger partial charge in [-0.2, -0.15) is 0 Å². The van der Waals surface area contributed by atoms with E-state index in [0.29, 0.717) is 6.61 Å². The second kappa shape index (κ2) is 10.2. The molecule has 1 aromatic rings. The van der Waals surface area contributed by atoms with Crippen molar-refractivity contribution >= 4 is 5.97 Å². The molecule has 0 aromatic heterocycles. The highest BCUT2D eigenvalue weighted by molar-refractivity contribution is 5.71. The lowest BCUT2D eigenvalue weighted by molar-refractivity contribution is -0.146. The number of nitrogens with one attached hydrogen (secondary N) is 1. The molecule has 0 aliphatic heterocycles. The van der Waals surface area contributed by atoms with Gasteiger partial charge >= 0.3 is 5.97 Å². The largest absolute Gasteiger partial charge is 0.482 e. The highest BCUT2D eigenvalue weighted by Gasteiger charge is 2.12. The molecule has 1 unspecified atom stereocenters. The zero-order valence-corrected chi connectivity index (χ0v) is 13.4. The summed E-state index contributed by atoms with van der Waals surface area (Å²) in [6.07, 6.45) is 2.98. The number of unbranched alkanes of at least 4 members (excludes halogenated alkanes) is 1. The van der Waals surface area contributed by atoms with Gasteiger partial charge in [0.05, 0.1) is 6.61 Å². The van der Waals surface area contributed by atoms with Gasteiger partial charge in [0.1, 0.15) is 5.75 Å². The van der Waals surface area contributed by atoms with Crippen molar-refractivity contribution in [3.05, 3.63) is 29.8 Å². The van der Waals surface area contributed by atoms with Gasteiger partial charge in [-0.3, -0.25) is 0 Å². The molecule has 0 saturated heterocycles. The zero-order valence-electron chi connectivity index (χ0n) is 13.4. The van der Waals surface area contributed by atoms with E-state index in [1.165, 1.54) is 0 Å². The maximum atomic E-state index is 11.6. The first kappa shape index (κ1) is 17.5. The minimum absolute atomic E-state index is 0.0405. The lowest BCUT2D eigenvalue weighted by Crippen LogP contribution is -2.21. The molecule has 1 atom stereocenters. The van der Waals surface area contributed by atoms with Gasteiger partial charge in [-0.25, -0.2) is 4.79 Å². The second-order valence-corrected chi connectivity index (χ2v) is 5.08. The third kappa shape index (κ3) is 6.63. The molecule has 0 aliphatic carbocycles. The summed E-state index contributed by atoms with van der Waals surface area (Å²) < 4.78 is 10.7. The molecule has 118 valence electrons. The molecule has 1 aromatic carbocycles. The second-order valence-electron chi connectivity index (χ2n) is 5.08. The lowest BCUT2D eigenvalue weighted by atomic mass is 10.1. The molecule has 0 heterocycles. The maximum Gasteiger partial charge on any atom is 0.344 e. The van der Waals surface area contributed by atoms with Crippen LogP contribution in [-0.4, -0.2) is 25.7 Å². The number of benzene rings is 1. The van der Waals surface area contributed by atoms with Crippen molar-refractivity contribution in [1.82, 2.24) is 5.32 Å². The van der Waals surface area contributed by atoms with Crippen molar-refractivity contribution in [3.63, 3.8) is 0 Å². The van der Waals surface area contributed by atoms with Crippen LogP contribution in [0.5, 0.6) is 5.75 Å². The van der Waals surface area contributed by atoms with Gasteiger partial charge in [-0.15, -0.1) is 0 Å². The fourth-order valence-electron chi connectivity index (χ4n) is 1.95. The minimum atomic E-state index is -0.313. The average molecular weight is 293 g/mol. The fourth-order valence-corrected chi connectivity index (χ4v) is 1.95. The van der Waals surface area contributed by atoms with E-state index in [9.17, 15) is 4.79 Å². The SMILES string of the molecule is CCCCOC(=O)COc1ccccc1C(C)NCCC. The molecule has 0 bridgehead atoms. The number of carbonyl (C=O) groups excluding carboxylic acids is 1. The van der Waals surface area contributed by atoms with Crippen LogP contribution in [0.25, 0.3) is 0 Å². The normalized spacial score (nSPS) is 12.0. The quantitative estimate of drug-likeness (QED) is 0.530. The summed E-state index contributed by atoms with van der Waals surface area (Å²) in [5, 5.41) is 3.42. The highest BCUT2D eigenvalue weighted by atomic mass is 16.6. The summed E-state index contributed by atoms with van der Waals surface area (Å²) in [6.45, 7) is 7.67. The summed E-state index contributed by atoms with van der Waals surface area (Å²) in [6, 6.07) is 7.99. The smallest absolute Gasteiger partial charge is 0.344 e. The lowest BCUT2D eigenvalue weighted by Gasteiger charge is -2.17. The van der Waals surface area contributed by atoms with E-state index in [2.05, 4.69) is 26.1 Å². The molecule has 0 saturated carbocycles. The van der Waals surface area contributed by atoms with E-state index in [1.807, 2.05) is 24.3 Å². The van der Waals surface area contributed by atoms with Gasteiger partial charge in [0, 0.05) is 11.6 Å². The first-order valence-electron chi connectivity index (χ1n) is 7.79. The van der Waals surface area contributed by atoms with Crippen molar-refractivity contribution in [2.75, 3.05) is 19.8 Å². The van der Waals surface area contributed by atoms with E-state index in [1.54, 1.807) is 0 Å². The van der Waals surface area contributed by atoms with Gasteiger partial charge in [0.15, 0.2) is 6.61 Å². The van der Waals surface area contributed by atoms with Crippen molar-refractivity contribution in [2.45, 2.75) is 46.1 Å². The number of rotatable bonds is 10. The molecular weight excluding hydrogens is 266 g/mol. The molecule has 4 heteroatoms. The molecule has 0 amide bonds.